The molecule has 41 heavy (non-hydrogen) atoms. The van der Waals surface area contributed by atoms with Crippen LogP contribution in [0.4, 0.5) is 17.1 Å². The lowest BCUT2D eigenvalue weighted by molar-refractivity contribution is -0.111. The van der Waals surface area contributed by atoms with Gasteiger partial charge in [0.2, 0.25) is 5.91 Å². The summed E-state index contributed by atoms with van der Waals surface area (Å²) in [5.74, 6) is 0.548. The van der Waals surface area contributed by atoms with E-state index < -0.39 is 13.4 Å². The molecular formula is C28H42ClN6O5P. The Morgan fingerprint density at radius 2 is 1.90 bits per heavy atom. The molecule has 4 atom stereocenters. The van der Waals surface area contributed by atoms with Crippen LogP contribution in [0.2, 0.25) is 0 Å². The number of carbonyl (C=O) groups is 1. The van der Waals surface area contributed by atoms with Gasteiger partial charge in [0, 0.05) is 37.3 Å². The van der Waals surface area contributed by atoms with Crippen molar-refractivity contribution in [1.29, 1.82) is 0 Å². The molecule has 1 aliphatic rings. The molecule has 1 aliphatic heterocycles. The second kappa shape index (κ2) is 14.9. The third kappa shape index (κ3) is 9.36. The fourth-order valence-corrected chi connectivity index (χ4v) is 5.81. The molecule has 1 amide bonds. The number of ether oxygens (including phenoxy) is 3. The number of halogens is 1. The SMILES string of the molecule is C=CC(=O)Nc1cc(NC2NCC(Cl)C(Nc3ccccc3P(C)(C)=O)N2)c(OC)cc1O[C@@H](COC)CN(C)C. The van der Waals surface area contributed by atoms with Crippen molar-refractivity contribution in [2.75, 3.05) is 77.3 Å². The molecule has 2 aromatic rings. The quantitative estimate of drug-likeness (QED) is 0.124. The van der Waals surface area contributed by atoms with E-state index in [-0.39, 0.29) is 23.6 Å². The van der Waals surface area contributed by atoms with Crippen LogP contribution >= 0.6 is 18.7 Å². The maximum absolute atomic E-state index is 12.9. The van der Waals surface area contributed by atoms with Crippen LogP contribution in [0.5, 0.6) is 11.5 Å². The van der Waals surface area contributed by atoms with E-state index in [1.807, 2.05) is 43.3 Å². The van der Waals surface area contributed by atoms with Gasteiger partial charge in [0.1, 0.15) is 31.0 Å². The number of benzene rings is 2. The highest BCUT2D eigenvalue weighted by Gasteiger charge is 2.30. The van der Waals surface area contributed by atoms with Crippen LogP contribution < -0.4 is 41.4 Å². The Kier molecular flexibility index (Phi) is 11.9. The van der Waals surface area contributed by atoms with E-state index in [0.29, 0.717) is 42.6 Å². The second-order valence-corrected chi connectivity index (χ2v) is 14.1. The van der Waals surface area contributed by atoms with Gasteiger partial charge in [0.15, 0.2) is 0 Å². The van der Waals surface area contributed by atoms with Crippen molar-refractivity contribution in [1.82, 2.24) is 15.5 Å². The fourth-order valence-electron chi connectivity index (χ4n) is 4.42. The Hall–Kier alpha value is -2.79. The lowest BCUT2D eigenvalue weighted by Gasteiger charge is -2.37. The number of carbonyl (C=O) groups excluding carboxylic acids is 1. The Morgan fingerprint density at radius 3 is 2.54 bits per heavy atom. The summed E-state index contributed by atoms with van der Waals surface area (Å²) in [6.07, 6.45) is 0.121. The van der Waals surface area contributed by atoms with Gasteiger partial charge < -0.3 is 39.6 Å². The number of amides is 1. The van der Waals surface area contributed by atoms with Crippen LogP contribution in [0.3, 0.4) is 0 Å². The third-order valence-corrected chi connectivity index (χ3v) is 8.24. The maximum Gasteiger partial charge on any atom is 0.247 e. The summed E-state index contributed by atoms with van der Waals surface area (Å²) in [5, 5.41) is 16.8. The summed E-state index contributed by atoms with van der Waals surface area (Å²) in [6, 6.07) is 11.0. The molecule has 0 radical (unpaired) electrons. The molecule has 11 nitrogen and oxygen atoms in total. The van der Waals surface area contributed by atoms with Gasteiger partial charge >= 0.3 is 0 Å². The molecule has 0 aliphatic carbocycles. The smallest absolute Gasteiger partial charge is 0.247 e. The van der Waals surface area contributed by atoms with Crippen molar-refractivity contribution < 1.29 is 23.6 Å². The lowest BCUT2D eigenvalue weighted by atomic mass is 10.2. The van der Waals surface area contributed by atoms with E-state index in [9.17, 15) is 9.36 Å². The molecule has 0 bridgehead atoms. The molecular weight excluding hydrogens is 567 g/mol. The Labute approximate surface area is 247 Å². The van der Waals surface area contributed by atoms with E-state index in [2.05, 4.69) is 33.2 Å². The number of methoxy groups -OCH3 is 2. The highest BCUT2D eigenvalue weighted by Crippen LogP contribution is 2.39. The number of nitrogens with zero attached hydrogens (tertiary/aromatic N) is 1. The summed E-state index contributed by atoms with van der Waals surface area (Å²) in [6.45, 7) is 8.48. The zero-order chi connectivity index (χ0) is 30.2. The zero-order valence-corrected chi connectivity index (χ0v) is 26.1. The van der Waals surface area contributed by atoms with Crippen molar-refractivity contribution in [2.24, 2.45) is 0 Å². The Bertz CT molecular complexity index is 1240. The van der Waals surface area contributed by atoms with Crippen molar-refractivity contribution in [2.45, 2.75) is 23.9 Å². The number of hydrogen-bond donors (Lipinski definition) is 5. The van der Waals surface area contributed by atoms with E-state index in [1.54, 1.807) is 39.7 Å². The summed E-state index contributed by atoms with van der Waals surface area (Å²) in [4.78, 5) is 14.3. The van der Waals surface area contributed by atoms with Crippen LogP contribution in [0, 0.1) is 0 Å². The molecule has 5 N–H and O–H groups in total. The maximum atomic E-state index is 12.9. The van der Waals surface area contributed by atoms with E-state index in [4.69, 9.17) is 25.8 Å². The van der Waals surface area contributed by atoms with Crippen molar-refractivity contribution in [3.63, 3.8) is 0 Å². The predicted octanol–water partition coefficient (Wildman–Crippen LogP) is 2.96. The van der Waals surface area contributed by atoms with Gasteiger partial charge in [-0.1, -0.05) is 18.7 Å². The second-order valence-electron chi connectivity index (χ2n) is 10.4. The predicted molar refractivity (Wildman–Crippen MR) is 168 cm³/mol. The lowest BCUT2D eigenvalue weighted by Crippen LogP contribution is -2.64. The van der Waals surface area contributed by atoms with Crippen molar-refractivity contribution in [3.05, 3.63) is 49.1 Å². The monoisotopic (exact) mass is 608 g/mol. The van der Waals surface area contributed by atoms with Gasteiger partial charge in [0.25, 0.3) is 0 Å². The summed E-state index contributed by atoms with van der Waals surface area (Å²) < 4.78 is 30.2. The van der Waals surface area contributed by atoms with Crippen molar-refractivity contribution in [3.8, 4) is 11.5 Å². The van der Waals surface area contributed by atoms with Gasteiger partial charge in [-0.15, -0.1) is 11.6 Å². The molecule has 1 heterocycles. The molecule has 3 rings (SSSR count). The number of rotatable bonds is 14. The first-order valence-electron chi connectivity index (χ1n) is 13.2. The zero-order valence-electron chi connectivity index (χ0n) is 24.5. The number of likely N-dealkylation sites (N-methyl/N-ethyl adjacent to an activating group) is 1. The normalized spacial score (nSPS) is 19.8. The van der Waals surface area contributed by atoms with Crippen LogP contribution in [-0.4, -0.2) is 96.1 Å². The van der Waals surface area contributed by atoms with Crippen LogP contribution in [0.15, 0.2) is 49.1 Å². The average molecular weight is 609 g/mol. The molecule has 0 aromatic heterocycles. The topological polar surface area (TPSA) is 125 Å². The first-order chi connectivity index (χ1) is 19.4. The Balaban J connectivity index is 1.87. The minimum absolute atomic E-state index is 0.295. The summed E-state index contributed by atoms with van der Waals surface area (Å²) in [7, 11) is 4.54. The van der Waals surface area contributed by atoms with Crippen LogP contribution in [-0.2, 0) is 14.1 Å². The standard InChI is InChI=1S/C28H42ClN6O5P/c1-8-26(36)31-22-13-21(23(39-5)14-24(22)40-18(17-38-4)16-35(2)3)33-28-30-15-19(29)27(34-28)32-20-11-9-10-12-25(20)41(6,7)37/h8-14,18-19,27-28,30,32-34H,1,15-17H2,2-7H3,(H,31,36)/t18-,19?,27?,28?/m1/s1. The molecule has 0 spiro atoms. The largest absolute Gasteiger partial charge is 0.494 e. The number of nitrogens with one attached hydrogen (secondary N) is 5. The van der Waals surface area contributed by atoms with Gasteiger partial charge in [-0.25, -0.2) is 0 Å². The van der Waals surface area contributed by atoms with E-state index in [1.165, 1.54) is 6.08 Å². The van der Waals surface area contributed by atoms with Gasteiger partial charge in [-0.05, 0) is 51.7 Å². The fraction of sp³-hybridized carbons (Fsp3) is 0.464. The van der Waals surface area contributed by atoms with Gasteiger partial charge in [-0.2, -0.15) is 0 Å². The minimum Gasteiger partial charge on any atom is -0.494 e. The van der Waals surface area contributed by atoms with Crippen molar-refractivity contribution >= 4 is 47.0 Å². The summed E-state index contributed by atoms with van der Waals surface area (Å²) >= 11 is 6.66. The molecule has 3 unspecified atom stereocenters. The first-order valence-corrected chi connectivity index (χ1v) is 16.3. The average Bonchev–Trinajstić information content (AvgIpc) is 2.91. The number of para-hydroxylation sites is 1. The van der Waals surface area contributed by atoms with Crippen LogP contribution in [0.25, 0.3) is 0 Å². The first kappa shape index (κ1) is 32.7. The molecule has 0 saturated carbocycles. The minimum atomic E-state index is -2.52. The number of anilines is 3. The van der Waals surface area contributed by atoms with Gasteiger partial charge in [0.05, 0.1) is 36.6 Å². The Morgan fingerprint density at radius 1 is 1.17 bits per heavy atom. The molecule has 226 valence electrons. The van der Waals surface area contributed by atoms with E-state index in [0.717, 1.165) is 11.0 Å². The number of alkyl halides is 1. The molecule has 1 fully saturated rings. The highest BCUT2D eigenvalue weighted by atomic mass is 35.5. The van der Waals surface area contributed by atoms with Crippen LogP contribution in [0.1, 0.15) is 0 Å². The molecule has 1 saturated heterocycles. The molecule has 2 aromatic carbocycles. The molecule has 13 heteroatoms. The highest BCUT2D eigenvalue weighted by molar-refractivity contribution is 7.70. The summed E-state index contributed by atoms with van der Waals surface area (Å²) in [5.41, 5.74) is 1.80. The third-order valence-electron chi connectivity index (χ3n) is 6.28. The van der Waals surface area contributed by atoms with E-state index >= 15 is 0 Å². The van der Waals surface area contributed by atoms with Gasteiger partial charge in [-0.3, -0.25) is 15.4 Å². The number of hydrogen-bond acceptors (Lipinski definition) is 10.